The smallest absolute Gasteiger partial charge is 0.0874 e. The zero-order valence-corrected chi connectivity index (χ0v) is 9.61. The number of hydrogen-bond acceptors (Lipinski definition) is 4. The number of aliphatic imine (C=N–C) groups is 1. The minimum Gasteiger partial charge on any atom is -0.325 e. The summed E-state index contributed by atoms with van der Waals surface area (Å²) in [6, 6.07) is 0. The predicted molar refractivity (Wildman–Crippen MR) is 60.2 cm³/mol. The highest BCUT2D eigenvalue weighted by Gasteiger charge is 2.35. The van der Waals surface area contributed by atoms with Crippen LogP contribution in [0.25, 0.3) is 0 Å². The van der Waals surface area contributed by atoms with Crippen LogP contribution in [0.15, 0.2) is 4.99 Å². The lowest BCUT2D eigenvalue weighted by Crippen LogP contribution is -2.45. The largest absolute Gasteiger partial charge is 0.325 e. The Morgan fingerprint density at radius 2 is 1.85 bits per heavy atom. The van der Waals surface area contributed by atoms with E-state index < -0.39 is 0 Å². The molecule has 0 aromatic heterocycles. The van der Waals surface area contributed by atoms with Gasteiger partial charge in [-0.2, -0.15) is 0 Å². The molecule has 0 aromatic rings. The molecule has 0 amide bonds. The monoisotopic (exact) mass is 201 g/mol. The van der Waals surface area contributed by atoms with E-state index in [1.165, 1.54) is 0 Å². The molecular formula is C9H19N3S. The molecule has 1 aliphatic heterocycles. The molecule has 1 unspecified atom stereocenters. The van der Waals surface area contributed by atoms with E-state index >= 15 is 0 Å². The topological polar surface area (TPSA) is 64.4 Å². The number of rotatable bonds is 2. The van der Waals surface area contributed by atoms with E-state index in [1.54, 1.807) is 11.8 Å². The molecule has 3 nitrogen and oxygen atoms in total. The lowest BCUT2D eigenvalue weighted by molar-refractivity contribution is 0.503. The molecule has 0 aromatic carbocycles. The van der Waals surface area contributed by atoms with Crippen molar-refractivity contribution in [3.05, 3.63) is 0 Å². The summed E-state index contributed by atoms with van der Waals surface area (Å²) in [6.45, 7) is 8.82. The van der Waals surface area contributed by atoms with Crippen molar-refractivity contribution in [1.82, 2.24) is 0 Å². The standard InChI is InChI=1S/C9H19N3S/c1-8(2,10)6-5-12-7(13-6)9(3,4)11/h6H,5,10-11H2,1-4H3. The van der Waals surface area contributed by atoms with E-state index in [0.717, 1.165) is 11.6 Å². The molecular weight excluding hydrogens is 182 g/mol. The highest BCUT2D eigenvalue weighted by Crippen LogP contribution is 2.31. The first-order chi connectivity index (χ1) is 5.71. The van der Waals surface area contributed by atoms with Crippen molar-refractivity contribution in [1.29, 1.82) is 0 Å². The summed E-state index contributed by atoms with van der Waals surface area (Å²) in [5.74, 6) is 0. The van der Waals surface area contributed by atoms with Crippen LogP contribution < -0.4 is 11.5 Å². The number of nitrogens with zero attached hydrogens (tertiary/aromatic N) is 1. The number of hydrogen-bond donors (Lipinski definition) is 2. The second-order valence-corrected chi connectivity index (χ2v) is 5.99. The van der Waals surface area contributed by atoms with E-state index in [1.807, 2.05) is 27.7 Å². The molecule has 0 saturated carbocycles. The van der Waals surface area contributed by atoms with Crippen LogP contribution >= 0.6 is 11.8 Å². The molecule has 0 saturated heterocycles. The maximum absolute atomic E-state index is 6.01. The van der Waals surface area contributed by atoms with Gasteiger partial charge in [-0.15, -0.1) is 11.8 Å². The Kier molecular flexibility index (Phi) is 2.76. The molecule has 1 atom stereocenters. The Hall–Kier alpha value is -0.0600. The van der Waals surface area contributed by atoms with E-state index in [-0.39, 0.29) is 11.1 Å². The van der Waals surface area contributed by atoms with Gasteiger partial charge in [0.05, 0.1) is 17.1 Å². The fraction of sp³-hybridized carbons (Fsp3) is 0.889. The third kappa shape index (κ3) is 2.69. The average Bonchev–Trinajstić information content (AvgIpc) is 2.28. The second-order valence-electron chi connectivity index (χ2n) is 4.80. The Bertz CT molecular complexity index is 222. The van der Waals surface area contributed by atoms with Crippen molar-refractivity contribution in [2.45, 2.75) is 44.0 Å². The number of thioether (sulfide) groups is 1. The first-order valence-electron chi connectivity index (χ1n) is 4.50. The van der Waals surface area contributed by atoms with Crippen molar-refractivity contribution < 1.29 is 0 Å². The van der Waals surface area contributed by atoms with Gasteiger partial charge in [0.1, 0.15) is 0 Å². The van der Waals surface area contributed by atoms with E-state index in [0.29, 0.717) is 5.25 Å². The molecule has 0 aliphatic carbocycles. The van der Waals surface area contributed by atoms with Crippen molar-refractivity contribution in [3.63, 3.8) is 0 Å². The quantitative estimate of drug-likeness (QED) is 0.700. The van der Waals surface area contributed by atoms with Gasteiger partial charge in [0.25, 0.3) is 0 Å². The molecule has 0 bridgehead atoms. The van der Waals surface area contributed by atoms with Gasteiger partial charge < -0.3 is 11.5 Å². The van der Waals surface area contributed by atoms with E-state index in [2.05, 4.69) is 4.99 Å². The van der Waals surface area contributed by atoms with Gasteiger partial charge in [-0.25, -0.2) is 0 Å². The molecule has 13 heavy (non-hydrogen) atoms. The SMILES string of the molecule is CC(C)(N)C1=NCC(C(C)(C)N)S1. The fourth-order valence-electron chi connectivity index (χ4n) is 1.12. The molecule has 4 N–H and O–H groups in total. The molecule has 4 heteroatoms. The Morgan fingerprint density at radius 3 is 2.08 bits per heavy atom. The van der Waals surface area contributed by atoms with Gasteiger partial charge in [-0.3, -0.25) is 4.99 Å². The summed E-state index contributed by atoms with van der Waals surface area (Å²) in [7, 11) is 0. The van der Waals surface area contributed by atoms with Crippen LogP contribution in [0, 0.1) is 0 Å². The van der Waals surface area contributed by atoms with Crippen molar-refractivity contribution in [3.8, 4) is 0 Å². The lowest BCUT2D eigenvalue weighted by atomic mass is 10.0. The minimum atomic E-state index is -0.315. The average molecular weight is 201 g/mol. The minimum absolute atomic E-state index is 0.179. The summed E-state index contributed by atoms with van der Waals surface area (Å²) in [4.78, 5) is 4.43. The first-order valence-corrected chi connectivity index (χ1v) is 5.38. The predicted octanol–water partition coefficient (Wildman–Crippen LogP) is 0.975. The molecule has 76 valence electrons. The maximum Gasteiger partial charge on any atom is 0.0874 e. The molecule has 0 radical (unpaired) electrons. The van der Waals surface area contributed by atoms with Crippen molar-refractivity contribution >= 4 is 16.8 Å². The third-order valence-corrected chi connectivity index (χ3v) is 3.96. The van der Waals surface area contributed by atoms with Crippen LogP contribution in [-0.4, -0.2) is 27.9 Å². The number of nitrogens with two attached hydrogens (primary N) is 2. The van der Waals surface area contributed by atoms with Crippen molar-refractivity contribution in [2.24, 2.45) is 16.5 Å². The van der Waals surface area contributed by atoms with Gasteiger partial charge in [0.2, 0.25) is 0 Å². The Labute approximate surface area is 84.4 Å². The Morgan fingerprint density at radius 1 is 1.31 bits per heavy atom. The zero-order valence-electron chi connectivity index (χ0n) is 8.79. The highest BCUT2D eigenvalue weighted by molar-refractivity contribution is 8.15. The first kappa shape index (κ1) is 11.0. The fourth-order valence-corrected chi connectivity index (χ4v) is 2.29. The summed E-state index contributed by atoms with van der Waals surface area (Å²) >= 11 is 1.72. The second kappa shape index (κ2) is 3.26. The molecule has 1 aliphatic rings. The van der Waals surface area contributed by atoms with Crippen LogP contribution in [0.5, 0.6) is 0 Å². The van der Waals surface area contributed by atoms with Crippen LogP contribution in [-0.2, 0) is 0 Å². The zero-order chi connectivity index (χ0) is 10.3. The molecule has 0 fully saturated rings. The maximum atomic E-state index is 6.01. The highest BCUT2D eigenvalue weighted by atomic mass is 32.2. The summed E-state index contributed by atoms with van der Waals surface area (Å²) in [6.07, 6.45) is 0. The van der Waals surface area contributed by atoms with E-state index in [4.69, 9.17) is 11.5 Å². The van der Waals surface area contributed by atoms with Gasteiger partial charge in [-0.1, -0.05) is 0 Å². The molecule has 0 spiro atoms. The van der Waals surface area contributed by atoms with Crippen LogP contribution in [0.3, 0.4) is 0 Å². The lowest BCUT2D eigenvalue weighted by Gasteiger charge is -2.26. The van der Waals surface area contributed by atoms with E-state index in [9.17, 15) is 0 Å². The normalized spacial score (nSPS) is 24.8. The van der Waals surface area contributed by atoms with Crippen LogP contribution in [0.2, 0.25) is 0 Å². The molecule has 1 heterocycles. The summed E-state index contributed by atoms with van der Waals surface area (Å²) in [5.41, 5.74) is 11.5. The third-order valence-electron chi connectivity index (χ3n) is 2.04. The van der Waals surface area contributed by atoms with Gasteiger partial charge in [0, 0.05) is 10.8 Å². The molecule has 1 rings (SSSR count). The summed E-state index contributed by atoms with van der Waals surface area (Å²) < 4.78 is 0. The van der Waals surface area contributed by atoms with Crippen LogP contribution in [0.4, 0.5) is 0 Å². The van der Waals surface area contributed by atoms with Crippen LogP contribution in [0.1, 0.15) is 27.7 Å². The van der Waals surface area contributed by atoms with Gasteiger partial charge in [0.15, 0.2) is 0 Å². The summed E-state index contributed by atoms with van der Waals surface area (Å²) in [5, 5.41) is 1.39. The Balaban J connectivity index is 2.63. The van der Waals surface area contributed by atoms with Gasteiger partial charge >= 0.3 is 0 Å². The van der Waals surface area contributed by atoms with Crippen molar-refractivity contribution in [2.75, 3.05) is 6.54 Å². The van der Waals surface area contributed by atoms with Gasteiger partial charge in [-0.05, 0) is 27.7 Å².